The SMILES string of the molecule is CN(Cc1cccc(C(c2ccccn2)C(c2cccnc2)c2cccnc2)c1)C(=O)O. The van der Waals surface area contributed by atoms with Crippen LogP contribution in [0.3, 0.4) is 0 Å². The lowest BCUT2D eigenvalue weighted by molar-refractivity contribution is 0.153. The Bertz CT molecular complexity index is 1110. The van der Waals surface area contributed by atoms with Crippen LogP contribution in [-0.2, 0) is 6.54 Å². The molecule has 1 amide bonds. The zero-order valence-electron chi connectivity index (χ0n) is 17.7. The predicted octanol–water partition coefficient (Wildman–Crippen LogP) is 4.95. The summed E-state index contributed by atoms with van der Waals surface area (Å²) in [5.41, 5.74) is 5.02. The Balaban J connectivity index is 1.86. The van der Waals surface area contributed by atoms with Crippen molar-refractivity contribution in [2.45, 2.75) is 18.4 Å². The molecule has 1 unspecified atom stereocenters. The summed E-state index contributed by atoms with van der Waals surface area (Å²) in [6, 6.07) is 22.0. The molecule has 6 heteroatoms. The number of benzene rings is 1. The zero-order chi connectivity index (χ0) is 22.3. The Morgan fingerprint density at radius 1 is 0.844 bits per heavy atom. The van der Waals surface area contributed by atoms with Crippen LogP contribution in [0.5, 0.6) is 0 Å². The van der Waals surface area contributed by atoms with Crippen molar-refractivity contribution in [3.05, 3.63) is 126 Å². The van der Waals surface area contributed by atoms with Gasteiger partial charge in [0.2, 0.25) is 0 Å². The molecule has 1 N–H and O–H groups in total. The first kappa shape index (κ1) is 21.2. The Morgan fingerprint density at radius 3 is 2.09 bits per heavy atom. The van der Waals surface area contributed by atoms with Crippen molar-refractivity contribution in [3.8, 4) is 0 Å². The van der Waals surface area contributed by atoms with Gasteiger partial charge in [0.25, 0.3) is 0 Å². The molecule has 0 saturated heterocycles. The summed E-state index contributed by atoms with van der Waals surface area (Å²) >= 11 is 0. The first-order chi connectivity index (χ1) is 15.6. The van der Waals surface area contributed by atoms with Gasteiger partial charge in [-0.25, -0.2) is 4.79 Å². The highest BCUT2D eigenvalue weighted by atomic mass is 16.4. The number of hydrogen-bond acceptors (Lipinski definition) is 4. The van der Waals surface area contributed by atoms with Crippen LogP contribution in [-0.4, -0.2) is 38.1 Å². The lowest BCUT2D eigenvalue weighted by atomic mass is 9.76. The highest BCUT2D eigenvalue weighted by molar-refractivity contribution is 5.64. The number of hydrogen-bond donors (Lipinski definition) is 1. The van der Waals surface area contributed by atoms with E-state index < -0.39 is 6.09 Å². The molecular formula is C26H24N4O2. The number of pyridine rings is 3. The van der Waals surface area contributed by atoms with Crippen molar-refractivity contribution in [3.63, 3.8) is 0 Å². The summed E-state index contributed by atoms with van der Waals surface area (Å²) in [4.78, 5) is 26.0. The lowest BCUT2D eigenvalue weighted by Crippen LogP contribution is -2.24. The van der Waals surface area contributed by atoms with Gasteiger partial charge in [0.1, 0.15) is 0 Å². The minimum absolute atomic E-state index is 0.0697. The quantitative estimate of drug-likeness (QED) is 0.454. The summed E-state index contributed by atoms with van der Waals surface area (Å²) in [6.45, 7) is 0.308. The molecule has 1 aromatic carbocycles. The van der Waals surface area contributed by atoms with Crippen molar-refractivity contribution in [1.82, 2.24) is 19.9 Å². The van der Waals surface area contributed by atoms with Crippen molar-refractivity contribution in [2.24, 2.45) is 0 Å². The molecule has 4 aromatic rings. The third-order valence-corrected chi connectivity index (χ3v) is 5.48. The number of carbonyl (C=O) groups is 1. The number of rotatable bonds is 7. The molecule has 0 spiro atoms. The average Bonchev–Trinajstić information content (AvgIpc) is 2.84. The van der Waals surface area contributed by atoms with Gasteiger partial charge < -0.3 is 10.0 Å². The summed E-state index contributed by atoms with van der Waals surface area (Å²) in [7, 11) is 1.57. The van der Waals surface area contributed by atoms with Gasteiger partial charge in [0.05, 0.1) is 0 Å². The van der Waals surface area contributed by atoms with Gasteiger partial charge in [0.15, 0.2) is 0 Å². The molecule has 4 rings (SSSR count). The summed E-state index contributed by atoms with van der Waals surface area (Å²) in [5.74, 6) is -0.181. The van der Waals surface area contributed by atoms with Crippen LogP contribution in [0.15, 0.2) is 97.7 Å². The fraction of sp³-hybridized carbons (Fsp3) is 0.154. The van der Waals surface area contributed by atoms with Gasteiger partial charge >= 0.3 is 6.09 Å². The van der Waals surface area contributed by atoms with Crippen molar-refractivity contribution >= 4 is 6.09 Å². The van der Waals surface area contributed by atoms with E-state index >= 15 is 0 Å². The summed E-state index contributed by atoms with van der Waals surface area (Å²) in [5, 5.41) is 9.29. The molecule has 0 bridgehead atoms. The van der Waals surface area contributed by atoms with E-state index in [1.54, 1.807) is 25.6 Å². The average molecular weight is 425 g/mol. The first-order valence-electron chi connectivity index (χ1n) is 10.4. The topological polar surface area (TPSA) is 79.2 Å². The Labute approximate surface area is 187 Å². The van der Waals surface area contributed by atoms with Crippen LogP contribution in [0.4, 0.5) is 4.79 Å². The van der Waals surface area contributed by atoms with Crippen LogP contribution in [0.25, 0.3) is 0 Å². The Hall–Kier alpha value is -4.06. The van der Waals surface area contributed by atoms with Crippen LogP contribution < -0.4 is 0 Å². The number of carboxylic acid groups (broad SMARTS) is 1. The van der Waals surface area contributed by atoms with E-state index in [0.29, 0.717) is 6.54 Å². The van der Waals surface area contributed by atoms with E-state index in [0.717, 1.165) is 27.9 Å². The fourth-order valence-corrected chi connectivity index (χ4v) is 4.02. The Kier molecular flexibility index (Phi) is 6.51. The predicted molar refractivity (Wildman–Crippen MR) is 122 cm³/mol. The second-order valence-corrected chi connectivity index (χ2v) is 7.67. The zero-order valence-corrected chi connectivity index (χ0v) is 17.7. The highest BCUT2D eigenvalue weighted by Crippen LogP contribution is 2.42. The van der Waals surface area contributed by atoms with Crippen molar-refractivity contribution in [2.75, 3.05) is 7.05 Å². The molecule has 160 valence electrons. The van der Waals surface area contributed by atoms with E-state index in [1.807, 2.05) is 54.9 Å². The normalized spacial score (nSPS) is 11.8. The number of nitrogens with zero attached hydrogens (tertiary/aromatic N) is 4. The molecule has 0 aliphatic heterocycles. The number of amides is 1. The molecule has 0 aliphatic rings. The van der Waals surface area contributed by atoms with Gasteiger partial charge in [-0.1, -0.05) is 42.5 Å². The van der Waals surface area contributed by atoms with Crippen LogP contribution >= 0.6 is 0 Å². The van der Waals surface area contributed by atoms with E-state index in [1.165, 1.54) is 4.90 Å². The third kappa shape index (κ3) is 4.81. The largest absolute Gasteiger partial charge is 0.465 e. The van der Waals surface area contributed by atoms with E-state index in [-0.39, 0.29) is 11.8 Å². The molecule has 1 atom stereocenters. The lowest BCUT2D eigenvalue weighted by Gasteiger charge is -2.28. The smallest absolute Gasteiger partial charge is 0.407 e. The molecule has 0 radical (unpaired) electrons. The van der Waals surface area contributed by atoms with Crippen LogP contribution in [0, 0.1) is 0 Å². The molecule has 3 heterocycles. The van der Waals surface area contributed by atoms with Crippen molar-refractivity contribution < 1.29 is 9.90 Å². The van der Waals surface area contributed by atoms with Gasteiger partial charge in [-0.2, -0.15) is 0 Å². The molecule has 0 fully saturated rings. The minimum Gasteiger partial charge on any atom is -0.465 e. The molecule has 6 nitrogen and oxygen atoms in total. The molecular weight excluding hydrogens is 400 g/mol. The third-order valence-electron chi connectivity index (χ3n) is 5.48. The molecule has 0 aliphatic carbocycles. The highest BCUT2D eigenvalue weighted by Gasteiger charge is 2.29. The fourth-order valence-electron chi connectivity index (χ4n) is 4.02. The molecule has 0 saturated carbocycles. The van der Waals surface area contributed by atoms with E-state index in [2.05, 4.69) is 34.2 Å². The first-order valence-corrected chi connectivity index (χ1v) is 10.4. The van der Waals surface area contributed by atoms with Crippen LogP contribution in [0.2, 0.25) is 0 Å². The van der Waals surface area contributed by atoms with Crippen LogP contribution in [0.1, 0.15) is 39.8 Å². The second-order valence-electron chi connectivity index (χ2n) is 7.67. The van der Waals surface area contributed by atoms with Gasteiger partial charge in [-0.3, -0.25) is 15.0 Å². The second kappa shape index (κ2) is 9.83. The minimum atomic E-state index is -0.958. The molecule has 3 aromatic heterocycles. The summed E-state index contributed by atoms with van der Waals surface area (Å²) in [6.07, 6.45) is 8.14. The van der Waals surface area contributed by atoms with Gasteiger partial charge in [0, 0.05) is 62.1 Å². The standard InChI is InChI=1S/C26H24N4O2/c1-30(26(31)32)18-19-7-4-8-20(15-19)25(23-11-2-3-14-29-23)24(21-9-5-12-27-16-21)22-10-6-13-28-17-22/h2-17,24-25H,18H2,1H3,(H,31,32). The Morgan fingerprint density at radius 2 is 1.53 bits per heavy atom. The molecule has 32 heavy (non-hydrogen) atoms. The number of aromatic nitrogens is 3. The van der Waals surface area contributed by atoms with E-state index in [4.69, 9.17) is 4.98 Å². The summed E-state index contributed by atoms with van der Waals surface area (Å²) < 4.78 is 0. The monoisotopic (exact) mass is 424 g/mol. The maximum absolute atomic E-state index is 11.3. The maximum atomic E-state index is 11.3. The van der Waals surface area contributed by atoms with Gasteiger partial charge in [-0.05, 0) is 46.5 Å². The maximum Gasteiger partial charge on any atom is 0.407 e. The van der Waals surface area contributed by atoms with E-state index in [9.17, 15) is 9.90 Å². The van der Waals surface area contributed by atoms with Gasteiger partial charge in [-0.15, -0.1) is 0 Å². The van der Waals surface area contributed by atoms with Crippen molar-refractivity contribution in [1.29, 1.82) is 0 Å².